The van der Waals surface area contributed by atoms with Crippen molar-refractivity contribution in [3.8, 4) is 5.75 Å². The number of thioether (sulfide) groups is 1. The van der Waals surface area contributed by atoms with Gasteiger partial charge in [-0.15, -0.1) is 0 Å². The van der Waals surface area contributed by atoms with E-state index in [2.05, 4.69) is 4.99 Å². The summed E-state index contributed by atoms with van der Waals surface area (Å²) in [6, 6.07) is 6.68. The third-order valence-corrected chi connectivity index (χ3v) is 5.43. The van der Waals surface area contributed by atoms with Gasteiger partial charge in [0.1, 0.15) is 5.75 Å². The van der Waals surface area contributed by atoms with Crippen LogP contribution in [-0.4, -0.2) is 49.0 Å². The lowest BCUT2D eigenvalue weighted by Crippen LogP contribution is -2.43. The van der Waals surface area contributed by atoms with E-state index >= 15 is 0 Å². The van der Waals surface area contributed by atoms with Crippen molar-refractivity contribution < 1.29 is 31.8 Å². The molecule has 0 aliphatic heterocycles. The lowest BCUT2D eigenvalue weighted by molar-refractivity contribution is -0.248. The van der Waals surface area contributed by atoms with Gasteiger partial charge in [-0.05, 0) is 43.2 Å². The number of ether oxygens (including phenoxy) is 1. The molecule has 0 saturated carbocycles. The summed E-state index contributed by atoms with van der Waals surface area (Å²) in [6.07, 6.45) is -3.58. The van der Waals surface area contributed by atoms with Crippen LogP contribution in [0.1, 0.15) is 23.6 Å². The normalized spacial score (nSPS) is 14.2. The molecule has 0 radical (unpaired) electrons. The van der Waals surface area contributed by atoms with E-state index in [0.29, 0.717) is 17.8 Å². The highest BCUT2D eigenvalue weighted by molar-refractivity contribution is 7.99. The van der Waals surface area contributed by atoms with E-state index in [0.717, 1.165) is 24.3 Å². The molecule has 0 amide bonds. The van der Waals surface area contributed by atoms with Crippen molar-refractivity contribution in [3.05, 3.63) is 53.1 Å². The molecule has 1 N–H and O–H groups in total. The second-order valence-corrected chi connectivity index (χ2v) is 7.83. The van der Waals surface area contributed by atoms with Crippen LogP contribution in [0.4, 0.5) is 27.6 Å². The number of benzene rings is 2. The van der Waals surface area contributed by atoms with Gasteiger partial charge in [0, 0.05) is 30.1 Å². The smallest absolute Gasteiger partial charge is 0.425 e. The Kier molecular flexibility index (Phi) is 7.93. The van der Waals surface area contributed by atoms with Crippen molar-refractivity contribution in [1.29, 1.82) is 0 Å². The van der Waals surface area contributed by atoms with E-state index in [1.807, 2.05) is 6.92 Å². The molecule has 0 aromatic heterocycles. The molecular weight excluding hydrogens is 439 g/mol. The minimum atomic E-state index is -5.11. The second-order valence-electron chi connectivity index (χ2n) is 6.77. The molecule has 1 atom stereocenters. The monoisotopic (exact) mass is 462 g/mol. The van der Waals surface area contributed by atoms with E-state index < -0.39 is 28.7 Å². The third kappa shape index (κ3) is 5.48. The Bertz CT molecular complexity index is 919. The van der Waals surface area contributed by atoms with Gasteiger partial charge in [0.25, 0.3) is 5.76 Å². The van der Waals surface area contributed by atoms with Crippen LogP contribution in [0, 0.1) is 6.92 Å². The van der Waals surface area contributed by atoms with Crippen molar-refractivity contribution >= 4 is 23.8 Å². The van der Waals surface area contributed by atoms with Crippen molar-refractivity contribution in [1.82, 2.24) is 4.90 Å². The molecule has 2 rings (SSSR count). The fraction of sp³-hybridized carbons (Fsp3) is 0.381. The zero-order valence-electron chi connectivity index (χ0n) is 17.4. The third-order valence-electron chi connectivity index (χ3n) is 4.71. The van der Waals surface area contributed by atoms with Gasteiger partial charge in [-0.3, -0.25) is 0 Å². The number of methoxy groups -OCH3 is 1. The highest BCUT2D eigenvalue weighted by Crippen LogP contribution is 2.49. The number of nitrogens with zero attached hydrogens (tertiary/aromatic N) is 2. The van der Waals surface area contributed by atoms with Crippen LogP contribution >= 0.6 is 11.8 Å². The van der Waals surface area contributed by atoms with Gasteiger partial charge in [-0.1, -0.05) is 23.9 Å². The lowest BCUT2D eigenvalue weighted by atomic mass is 9.84. The van der Waals surface area contributed by atoms with E-state index in [4.69, 9.17) is 4.74 Å². The van der Waals surface area contributed by atoms with E-state index in [1.165, 1.54) is 25.6 Å². The number of hydrogen-bond donors (Lipinski definition) is 1. The minimum absolute atomic E-state index is 0.0798. The van der Waals surface area contributed by atoms with Gasteiger partial charge in [-0.2, -0.15) is 22.0 Å². The first-order chi connectivity index (χ1) is 14.4. The summed E-state index contributed by atoms with van der Waals surface area (Å²) in [6.45, 7) is 4.17. The Morgan fingerprint density at radius 1 is 1.19 bits per heavy atom. The maximum absolute atomic E-state index is 14.2. The van der Waals surface area contributed by atoms with E-state index in [1.54, 1.807) is 18.9 Å². The number of alkyl halides is 5. The fourth-order valence-corrected chi connectivity index (χ4v) is 3.36. The molecule has 0 fully saturated rings. The molecule has 0 saturated heterocycles. The molecule has 0 heterocycles. The standard InChI is InChI=1S/C21H23F5N2O2S/c1-5-28(3)12-27-17-11-18(30-4)16(10-13(17)2)20(29,21(24,25)26)14-6-8-15(9-7-14)31-19(22)23/h6-12,19,29H,5H2,1-4H3. The quantitative estimate of drug-likeness (QED) is 0.236. The molecule has 0 aliphatic rings. The topological polar surface area (TPSA) is 45.1 Å². The molecule has 170 valence electrons. The summed E-state index contributed by atoms with van der Waals surface area (Å²) < 4.78 is 72.7. The molecule has 31 heavy (non-hydrogen) atoms. The molecular formula is C21H23F5N2O2S. The second kappa shape index (κ2) is 9.86. The summed E-state index contributed by atoms with van der Waals surface area (Å²) in [7, 11) is 2.99. The minimum Gasteiger partial charge on any atom is -0.496 e. The zero-order valence-corrected chi connectivity index (χ0v) is 18.2. The first-order valence-electron chi connectivity index (χ1n) is 9.22. The number of hydrogen-bond acceptors (Lipinski definition) is 4. The summed E-state index contributed by atoms with van der Waals surface area (Å²) in [5.41, 5.74) is -3.67. The fourth-order valence-electron chi connectivity index (χ4n) is 2.86. The molecule has 0 bridgehead atoms. The maximum atomic E-state index is 14.2. The highest BCUT2D eigenvalue weighted by atomic mass is 32.2. The van der Waals surface area contributed by atoms with Crippen LogP contribution in [0.2, 0.25) is 0 Å². The Labute approximate surface area is 181 Å². The summed E-state index contributed by atoms with van der Waals surface area (Å²) in [4.78, 5) is 6.13. The summed E-state index contributed by atoms with van der Waals surface area (Å²) >= 11 is 0.202. The molecule has 10 heteroatoms. The van der Waals surface area contributed by atoms with Crippen LogP contribution in [0.3, 0.4) is 0 Å². The Morgan fingerprint density at radius 3 is 2.29 bits per heavy atom. The zero-order chi connectivity index (χ0) is 23.4. The SMILES string of the molecule is CCN(C)C=Nc1cc(OC)c(C(O)(c2ccc(SC(F)F)cc2)C(F)(F)F)cc1C. The van der Waals surface area contributed by atoms with Crippen LogP contribution in [-0.2, 0) is 5.60 Å². The lowest BCUT2D eigenvalue weighted by Gasteiger charge is -2.33. The van der Waals surface area contributed by atoms with Gasteiger partial charge < -0.3 is 14.7 Å². The molecule has 2 aromatic carbocycles. The van der Waals surface area contributed by atoms with Crippen LogP contribution in [0.15, 0.2) is 46.3 Å². The van der Waals surface area contributed by atoms with Gasteiger partial charge in [0.2, 0.25) is 5.60 Å². The van der Waals surface area contributed by atoms with Crippen molar-refractivity contribution in [2.45, 2.75) is 36.3 Å². The number of halogens is 5. The van der Waals surface area contributed by atoms with E-state index in [9.17, 15) is 27.1 Å². The van der Waals surface area contributed by atoms with Crippen molar-refractivity contribution in [2.75, 3.05) is 20.7 Å². The van der Waals surface area contributed by atoms with Crippen molar-refractivity contribution in [3.63, 3.8) is 0 Å². The molecule has 1 unspecified atom stereocenters. The molecule has 0 spiro atoms. The predicted molar refractivity (Wildman–Crippen MR) is 112 cm³/mol. The number of aliphatic imine (C=N–C) groups is 1. The van der Waals surface area contributed by atoms with Gasteiger partial charge >= 0.3 is 6.18 Å². The summed E-state index contributed by atoms with van der Waals surface area (Å²) in [5, 5.41) is 10.9. The highest BCUT2D eigenvalue weighted by Gasteiger charge is 2.57. The van der Waals surface area contributed by atoms with E-state index in [-0.39, 0.29) is 22.4 Å². The first kappa shape index (κ1) is 24.9. The average molecular weight is 462 g/mol. The number of aliphatic hydroxyl groups is 1. The Balaban J connectivity index is 2.63. The summed E-state index contributed by atoms with van der Waals surface area (Å²) in [5.74, 6) is -2.92. The van der Waals surface area contributed by atoms with Gasteiger partial charge in [0.05, 0.1) is 19.1 Å². The first-order valence-corrected chi connectivity index (χ1v) is 10.1. The maximum Gasteiger partial charge on any atom is 0.425 e. The van der Waals surface area contributed by atoms with Crippen LogP contribution in [0.25, 0.3) is 0 Å². The number of aryl methyl sites for hydroxylation is 1. The van der Waals surface area contributed by atoms with Crippen molar-refractivity contribution in [2.24, 2.45) is 4.99 Å². The Hall–Kier alpha value is -2.33. The largest absolute Gasteiger partial charge is 0.496 e. The predicted octanol–water partition coefficient (Wildman–Crippen LogP) is 5.73. The molecule has 0 aliphatic carbocycles. The van der Waals surface area contributed by atoms with Gasteiger partial charge in [0.15, 0.2) is 0 Å². The van der Waals surface area contributed by atoms with Crippen LogP contribution < -0.4 is 4.74 Å². The number of rotatable bonds is 8. The molecule has 4 nitrogen and oxygen atoms in total. The van der Waals surface area contributed by atoms with Crippen LogP contribution in [0.5, 0.6) is 5.75 Å². The molecule has 2 aromatic rings. The Morgan fingerprint density at radius 2 is 1.81 bits per heavy atom. The average Bonchev–Trinajstić information content (AvgIpc) is 2.71. The van der Waals surface area contributed by atoms with Gasteiger partial charge in [-0.25, -0.2) is 4.99 Å².